The zero-order valence-electron chi connectivity index (χ0n) is 11.6. The van der Waals surface area contributed by atoms with Crippen molar-refractivity contribution in [2.75, 3.05) is 14.1 Å². The molecule has 7 nitrogen and oxygen atoms in total. The first kappa shape index (κ1) is 14.8. The number of aromatic amines is 1. The van der Waals surface area contributed by atoms with Gasteiger partial charge in [0.15, 0.2) is 0 Å². The highest BCUT2D eigenvalue weighted by Gasteiger charge is 2.21. The van der Waals surface area contributed by atoms with Gasteiger partial charge >= 0.3 is 0 Å². The van der Waals surface area contributed by atoms with E-state index in [1.807, 2.05) is 13.1 Å². The molecule has 2 aromatic heterocycles. The molecular formula is C12H18N4O3S. The summed E-state index contributed by atoms with van der Waals surface area (Å²) in [4.78, 5) is 0. The summed E-state index contributed by atoms with van der Waals surface area (Å²) in [7, 11) is -0.576. The average Bonchev–Trinajstić information content (AvgIpc) is 3.07. The monoisotopic (exact) mass is 298 g/mol. The van der Waals surface area contributed by atoms with Crippen LogP contribution in [0.25, 0.3) is 0 Å². The molecule has 0 aliphatic rings. The molecule has 20 heavy (non-hydrogen) atoms. The molecule has 110 valence electrons. The van der Waals surface area contributed by atoms with Gasteiger partial charge in [0.05, 0.1) is 12.7 Å². The molecule has 0 fully saturated rings. The molecule has 0 amide bonds. The highest BCUT2D eigenvalue weighted by atomic mass is 32.2. The third-order valence-corrected chi connectivity index (χ3v) is 4.66. The van der Waals surface area contributed by atoms with Crippen LogP contribution < -0.4 is 5.32 Å². The minimum absolute atomic E-state index is 0.0461. The number of hydrogen-bond donors (Lipinski definition) is 2. The lowest BCUT2D eigenvalue weighted by molar-refractivity contribution is 0.382. The van der Waals surface area contributed by atoms with E-state index >= 15 is 0 Å². The predicted octanol–water partition coefficient (Wildman–Crippen LogP) is 1.10. The first-order valence-electron chi connectivity index (χ1n) is 6.14. The topological polar surface area (TPSA) is 91.2 Å². The van der Waals surface area contributed by atoms with Crippen molar-refractivity contribution >= 4 is 10.0 Å². The lowest BCUT2D eigenvalue weighted by atomic mass is 10.2. The minimum Gasteiger partial charge on any atom is -0.447 e. The van der Waals surface area contributed by atoms with Gasteiger partial charge in [-0.05, 0) is 19.1 Å². The summed E-state index contributed by atoms with van der Waals surface area (Å²) in [5.41, 5.74) is 1.03. The molecule has 0 saturated heterocycles. The number of H-pyrrole nitrogens is 1. The van der Waals surface area contributed by atoms with Crippen molar-refractivity contribution in [3.05, 3.63) is 35.9 Å². The third kappa shape index (κ3) is 3.09. The van der Waals surface area contributed by atoms with Gasteiger partial charge < -0.3 is 9.73 Å². The second kappa shape index (κ2) is 5.78. The van der Waals surface area contributed by atoms with Crippen molar-refractivity contribution in [1.82, 2.24) is 19.8 Å². The molecule has 0 saturated carbocycles. The molecular weight excluding hydrogens is 280 g/mol. The van der Waals surface area contributed by atoms with Gasteiger partial charge in [-0.1, -0.05) is 0 Å². The van der Waals surface area contributed by atoms with Crippen LogP contribution in [-0.4, -0.2) is 37.0 Å². The molecule has 0 aliphatic heterocycles. The summed E-state index contributed by atoms with van der Waals surface area (Å²) >= 11 is 0. The van der Waals surface area contributed by atoms with Gasteiger partial charge in [-0.2, -0.15) is 5.10 Å². The Morgan fingerprint density at radius 3 is 2.80 bits per heavy atom. The first-order valence-corrected chi connectivity index (χ1v) is 7.58. The Hall–Kier alpha value is -1.64. The average molecular weight is 298 g/mol. The van der Waals surface area contributed by atoms with Crippen molar-refractivity contribution < 1.29 is 12.8 Å². The molecule has 0 bridgehead atoms. The number of furan rings is 1. The molecule has 8 heteroatoms. The highest BCUT2D eigenvalue weighted by Crippen LogP contribution is 2.18. The van der Waals surface area contributed by atoms with Crippen LogP contribution in [0.15, 0.2) is 34.0 Å². The summed E-state index contributed by atoms with van der Waals surface area (Å²) < 4.78 is 30.2. The van der Waals surface area contributed by atoms with Gasteiger partial charge in [0.2, 0.25) is 5.09 Å². The van der Waals surface area contributed by atoms with Gasteiger partial charge in [0.25, 0.3) is 10.0 Å². The minimum atomic E-state index is -3.51. The summed E-state index contributed by atoms with van der Waals surface area (Å²) in [6.45, 7) is 2.43. The number of rotatable bonds is 6. The normalized spacial score (nSPS) is 13.8. The fourth-order valence-electron chi connectivity index (χ4n) is 1.64. The summed E-state index contributed by atoms with van der Waals surface area (Å²) in [5, 5.41) is 9.81. The zero-order chi connectivity index (χ0) is 14.8. The van der Waals surface area contributed by atoms with E-state index in [2.05, 4.69) is 15.5 Å². The number of aromatic nitrogens is 2. The van der Waals surface area contributed by atoms with Crippen LogP contribution in [0, 0.1) is 0 Å². The third-order valence-electron chi connectivity index (χ3n) is 2.97. The Bertz CT molecular complexity index is 646. The fraction of sp³-hybridized carbons (Fsp3) is 0.417. The maximum atomic E-state index is 11.9. The second-order valence-electron chi connectivity index (χ2n) is 4.64. The SMILES string of the molecule is CC(NCc1ccc(S(=O)(=O)N(C)C)o1)c1cn[nH]c1. The molecule has 0 aliphatic carbocycles. The Morgan fingerprint density at radius 2 is 2.20 bits per heavy atom. The number of nitrogens with zero attached hydrogens (tertiary/aromatic N) is 2. The predicted molar refractivity (Wildman–Crippen MR) is 73.4 cm³/mol. The van der Waals surface area contributed by atoms with Crippen molar-refractivity contribution in [2.45, 2.75) is 24.6 Å². The van der Waals surface area contributed by atoms with E-state index in [-0.39, 0.29) is 11.1 Å². The summed E-state index contributed by atoms with van der Waals surface area (Å²) in [6.07, 6.45) is 3.55. The van der Waals surface area contributed by atoms with Gasteiger partial charge in [-0.3, -0.25) is 5.10 Å². The van der Waals surface area contributed by atoms with Crippen molar-refractivity contribution in [2.24, 2.45) is 0 Å². The number of hydrogen-bond acceptors (Lipinski definition) is 5. The Balaban J connectivity index is 2.00. The molecule has 2 N–H and O–H groups in total. The lowest BCUT2D eigenvalue weighted by Crippen LogP contribution is -2.21. The van der Waals surface area contributed by atoms with Crippen molar-refractivity contribution in [3.63, 3.8) is 0 Å². The van der Waals surface area contributed by atoms with E-state index < -0.39 is 10.0 Å². The standard InChI is InChI=1S/C12H18N4O3S/c1-9(10-6-14-15-7-10)13-8-11-4-5-12(19-11)20(17,18)16(2)3/h4-7,9,13H,8H2,1-3H3,(H,14,15). The molecule has 0 spiro atoms. The van der Waals surface area contributed by atoms with E-state index in [0.29, 0.717) is 12.3 Å². The Morgan fingerprint density at radius 1 is 1.45 bits per heavy atom. The Labute approximate surface area is 118 Å². The largest absolute Gasteiger partial charge is 0.447 e. The van der Waals surface area contributed by atoms with Gasteiger partial charge in [-0.25, -0.2) is 12.7 Å². The fourth-order valence-corrected chi connectivity index (χ4v) is 2.45. The molecule has 1 unspecified atom stereocenters. The molecule has 1 atom stereocenters. The Kier molecular flexibility index (Phi) is 4.26. The van der Waals surface area contributed by atoms with Gasteiger partial charge in [-0.15, -0.1) is 0 Å². The first-order chi connectivity index (χ1) is 9.41. The van der Waals surface area contributed by atoms with E-state index in [0.717, 1.165) is 9.87 Å². The number of nitrogens with one attached hydrogen (secondary N) is 2. The van der Waals surface area contributed by atoms with Crippen LogP contribution in [0.3, 0.4) is 0 Å². The highest BCUT2D eigenvalue weighted by molar-refractivity contribution is 7.88. The van der Waals surface area contributed by atoms with E-state index in [4.69, 9.17) is 4.42 Å². The van der Waals surface area contributed by atoms with E-state index in [9.17, 15) is 8.42 Å². The van der Waals surface area contributed by atoms with Crippen LogP contribution in [-0.2, 0) is 16.6 Å². The van der Waals surface area contributed by atoms with E-state index in [1.54, 1.807) is 12.3 Å². The quantitative estimate of drug-likeness (QED) is 0.833. The summed E-state index contributed by atoms with van der Waals surface area (Å²) in [6, 6.07) is 3.22. The smallest absolute Gasteiger partial charge is 0.275 e. The van der Waals surface area contributed by atoms with Crippen molar-refractivity contribution in [1.29, 1.82) is 0 Å². The molecule has 2 aromatic rings. The molecule has 2 heterocycles. The molecule has 2 rings (SSSR count). The van der Waals surface area contributed by atoms with Crippen LogP contribution in [0.2, 0.25) is 0 Å². The zero-order valence-corrected chi connectivity index (χ0v) is 12.4. The van der Waals surface area contributed by atoms with Gasteiger partial charge in [0, 0.05) is 31.9 Å². The van der Waals surface area contributed by atoms with Crippen LogP contribution in [0.1, 0.15) is 24.3 Å². The van der Waals surface area contributed by atoms with Gasteiger partial charge in [0.1, 0.15) is 5.76 Å². The molecule has 0 aromatic carbocycles. The number of sulfonamides is 1. The maximum absolute atomic E-state index is 11.9. The van der Waals surface area contributed by atoms with Crippen LogP contribution in [0.4, 0.5) is 0 Å². The van der Waals surface area contributed by atoms with Crippen LogP contribution in [0.5, 0.6) is 0 Å². The lowest BCUT2D eigenvalue weighted by Gasteiger charge is -2.10. The second-order valence-corrected chi connectivity index (χ2v) is 6.73. The maximum Gasteiger partial charge on any atom is 0.275 e. The van der Waals surface area contributed by atoms with Crippen LogP contribution >= 0.6 is 0 Å². The van der Waals surface area contributed by atoms with E-state index in [1.165, 1.54) is 20.2 Å². The van der Waals surface area contributed by atoms with Crippen molar-refractivity contribution in [3.8, 4) is 0 Å². The molecule has 0 radical (unpaired) electrons. The summed E-state index contributed by atoms with van der Waals surface area (Å²) in [5.74, 6) is 0.570.